The van der Waals surface area contributed by atoms with Gasteiger partial charge in [0.1, 0.15) is 6.10 Å². The molecule has 0 aliphatic heterocycles. The summed E-state index contributed by atoms with van der Waals surface area (Å²) in [7, 11) is 0.782. The molecule has 2 rings (SSSR count). The number of carbonyl (C=O) groups is 1. The molecule has 0 heterocycles. The SMILES string of the molecule is CO[C@](C(=O)O[C@H](C)/C=C/[C@@]1(O)[C@H](C)[C@H](O)[C@@H](O)CC1(C)C)(c1ccccc1)C(F)(F)F. The van der Waals surface area contributed by atoms with Crippen molar-refractivity contribution in [1.29, 1.82) is 0 Å². The molecule has 1 aliphatic carbocycles. The molecule has 9 heteroatoms. The first kappa shape index (κ1) is 26.3. The lowest BCUT2D eigenvalue weighted by Gasteiger charge is -2.52. The topological polar surface area (TPSA) is 96.2 Å². The van der Waals surface area contributed by atoms with Crippen molar-refractivity contribution in [3.63, 3.8) is 0 Å². The molecular weight excluding hydrogens is 429 g/mol. The van der Waals surface area contributed by atoms with Crippen molar-refractivity contribution in [2.24, 2.45) is 11.3 Å². The van der Waals surface area contributed by atoms with Crippen LogP contribution in [-0.4, -0.2) is 58.5 Å². The van der Waals surface area contributed by atoms with Crippen LogP contribution in [0, 0.1) is 11.3 Å². The first-order chi connectivity index (χ1) is 14.6. The molecule has 0 amide bonds. The van der Waals surface area contributed by atoms with Gasteiger partial charge in [-0.15, -0.1) is 0 Å². The lowest BCUT2D eigenvalue weighted by molar-refractivity contribution is -0.277. The molecule has 0 radical (unpaired) electrons. The van der Waals surface area contributed by atoms with Gasteiger partial charge in [0.15, 0.2) is 0 Å². The lowest BCUT2D eigenvalue weighted by atomic mass is 9.58. The third-order valence-electron chi connectivity index (χ3n) is 6.49. The van der Waals surface area contributed by atoms with E-state index in [9.17, 15) is 33.3 Å². The molecular formula is C23H31F3O6. The number of hydrogen-bond acceptors (Lipinski definition) is 6. The number of carbonyl (C=O) groups excluding carboxylic acids is 1. The number of aliphatic hydroxyl groups excluding tert-OH is 2. The van der Waals surface area contributed by atoms with Gasteiger partial charge >= 0.3 is 12.1 Å². The van der Waals surface area contributed by atoms with Crippen LogP contribution in [0.15, 0.2) is 42.5 Å². The summed E-state index contributed by atoms with van der Waals surface area (Å²) in [5, 5.41) is 31.5. The van der Waals surface area contributed by atoms with Gasteiger partial charge in [-0.3, -0.25) is 0 Å². The van der Waals surface area contributed by atoms with Gasteiger partial charge in [0, 0.05) is 24.0 Å². The van der Waals surface area contributed by atoms with E-state index in [2.05, 4.69) is 0 Å². The summed E-state index contributed by atoms with van der Waals surface area (Å²) in [5.41, 5.74) is -6.20. The lowest BCUT2D eigenvalue weighted by Crippen LogP contribution is -2.60. The molecule has 1 aliphatic rings. The molecule has 1 saturated carbocycles. The highest BCUT2D eigenvalue weighted by molar-refractivity contribution is 5.83. The molecule has 1 aromatic rings. The Morgan fingerprint density at radius 3 is 2.28 bits per heavy atom. The van der Waals surface area contributed by atoms with Crippen LogP contribution in [0.2, 0.25) is 0 Å². The third-order valence-corrected chi connectivity index (χ3v) is 6.49. The Bertz CT molecular complexity index is 825. The van der Waals surface area contributed by atoms with Crippen LogP contribution in [0.4, 0.5) is 13.2 Å². The second-order valence-corrected chi connectivity index (χ2v) is 8.98. The molecule has 0 unspecified atom stereocenters. The summed E-state index contributed by atoms with van der Waals surface area (Å²) in [6.45, 7) is 6.32. The number of aliphatic hydroxyl groups is 3. The van der Waals surface area contributed by atoms with Crippen LogP contribution in [0.5, 0.6) is 0 Å². The summed E-state index contributed by atoms with van der Waals surface area (Å²) in [6.07, 6.45) is -5.79. The predicted octanol–water partition coefficient (Wildman–Crippen LogP) is 3.10. The zero-order valence-corrected chi connectivity index (χ0v) is 18.8. The third kappa shape index (κ3) is 4.44. The quantitative estimate of drug-likeness (QED) is 0.446. The smallest absolute Gasteiger partial charge is 0.432 e. The minimum Gasteiger partial charge on any atom is -0.456 e. The summed E-state index contributed by atoms with van der Waals surface area (Å²) < 4.78 is 51.8. The van der Waals surface area contributed by atoms with Crippen LogP contribution in [0.3, 0.4) is 0 Å². The first-order valence-corrected chi connectivity index (χ1v) is 10.3. The number of hydrogen-bond donors (Lipinski definition) is 3. The van der Waals surface area contributed by atoms with Crippen LogP contribution >= 0.6 is 0 Å². The average molecular weight is 460 g/mol. The fourth-order valence-electron chi connectivity index (χ4n) is 4.35. The van der Waals surface area contributed by atoms with Gasteiger partial charge in [0.05, 0.1) is 17.8 Å². The number of esters is 1. The molecule has 0 aromatic heterocycles. The van der Waals surface area contributed by atoms with E-state index in [4.69, 9.17) is 9.47 Å². The van der Waals surface area contributed by atoms with Crippen LogP contribution in [0.25, 0.3) is 0 Å². The number of rotatable bonds is 6. The minimum atomic E-state index is -5.10. The summed E-state index contributed by atoms with van der Waals surface area (Å²) in [4.78, 5) is 12.7. The number of benzene rings is 1. The van der Waals surface area contributed by atoms with E-state index >= 15 is 0 Å². The minimum absolute atomic E-state index is 0.0996. The average Bonchev–Trinajstić information content (AvgIpc) is 2.70. The summed E-state index contributed by atoms with van der Waals surface area (Å²) in [6, 6.07) is 6.47. The number of halogens is 3. The number of methoxy groups -OCH3 is 1. The fraction of sp³-hybridized carbons (Fsp3) is 0.609. The maximum Gasteiger partial charge on any atom is 0.432 e. The molecule has 6 nitrogen and oxygen atoms in total. The van der Waals surface area contributed by atoms with E-state index in [1.807, 2.05) is 0 Å². The van der Waals surface area contributed by atoms with E-state index in [-0.39, 0.29) is 6.42 Å². The molecule has 0 saturated heterocycles. The van der Waals surface area contributed by atoms with Crippen molar-refractivity contribution < 1.29 is 42.8 Å². The molecule has 1 fully saturated rings. The Hall–Kier alpha value is -1.94. The molecule has 1 aromatic carbocycles. The van der Waals surface area contributed by atoms with Crippen LogP contribution < -0.4 is 0 Å². The van der Waals surface area contributed by atoms with E-state index in [1.54, 1.807) is 20.8 Å². The number of alkyl halides is 3. The largest absolute Gasteiger partial charge is 0.456 e. The van der Waals surface area contributed by atoms with E-state index in [1.165, 1.54) is 37.3 Å². The van der Waals surface area contributed by atoms with Crippen LogP contribution in [0.1, 0.15) is 39.7 Å². The van der Waals surface area contributed by atoms with Crippen molar-refractivity contribution >= 4 is 5.97 Å². The Morgan fingerprint density at radius 2 is 1.78 bits per heavy atom. The summed E-state index contributed by atoms with van der Waals surface area (Å²) in [5.74, 6) is -2.42. The van der Waals surface area contributed by atoms with Crippen molar-refractivity contribution in [1.82, 2.24) is 0 Å². The van der Waals surface area contributed by atoms with Gasteiger partial charge < -0.3 is 24.8 Å². The normalized spacial score (nSPS) is 31.2. The highest BCUT2D eigenvalue weighted by atomic mass is 19.4. The predicted molar refractivity (Wildman–Crippen MR) is 110 cm³/mol. The second-order valence-electron chi connectivity index (χ2n) is 8.98. The molecule has 6 atom stereocenters. The maximum atomic E-state index is 14.0. The van der Waals surface area contributed by atoms with Gasteiger partial charge in [-0.1, -0.05) is 57.2 Å². The molecule has 32 heavy (non-hydrogen) atoms. The molecule has 0 bridgehead atoms. The van der Waals surface area contributed by atoms with Crippen LogP contribution in [-0.2, 0) is 19.9 Å². The molecule has 180 valence electrons. The standard InChI is InChI=1S/C23H31F3O6/c1-14(11-12-21(30)15(2)18(28)17(27)13-20(21,3)4)32-19(29)22(31-5,23(24,25)26)16-9-7-6-8-10-16/h6-12,14-15,17-18,27-28,30H,13H2,1-5H3/b12-11+/t14-,15-,17+,18+,21-,22+/m1/s1. The van der Waals surface area contributed by atoms with Crippen molar-refractivity contribution in [2.45, 2.75) is 69.8 Å². The van der Waals surface area contributed by atoms with Crippen molar-refractivity contribution in [2.75, 3.05) is 7.11 Å². The van der Waals surface area contributed by atoms with Gasteiger partial charge in [0.25, 0.3) is 5.60 Å². The molecule has 3 N–H and O–H groups in total. The van der Waals surface area contributed by atoms with E-state index in [0.29, 0.717) is 0 Å². The fourth-order valence-corrected chi connectivity index (χ4v) is 4.35. The Morgan fingerprint density at radius 1 is 1.22 bits per heavy atom. The monoisotopic (exact) mass is 460 g/mol. The van der Waals surface area contributed by atoms with Gasteiger partial charge in [0.2, 0.25) is 0 Å². The molecule has 0 spiro atoms. The van der Waals surface area contributed by atoms with Gasteiger partial charge in [-0.05, 0) is 19.4 Å². The zero-order chi connectivity index (χ0) is 24.5. The van der Waals surface area contributed by atoms with Gasteiger partial charge in [-0.25, -0.2) is 4.79 Å². The Labute approximate surface area is 185 Å². The van der Waals surface area contributed by atoms with E-state index < -0.39 is 58.6 Å². The second kappa shape index (κ2) is 9.13. The first-order valence-electron chi connectivity index (χ1n) is 10.3. The van der Waals surface area contributed by atoms with Crippen molar-refractivity contribution in [3.05, 3.63) is 48.0 Å². The number of ether oxygens (including phenoxy) is 2. The van der Waals surface area contributed by atoms with Gasteiger partial charge in [-0.2, -0.15) is 13.2 Å². The van der Waals surface area contributed by atoms with Crippen molar-refractivity contribution in [3.8, 4) is 0 Å². The summed E-state index contributed by atoms with van der Waals surface area (Å²) >= 11 is 0. The Kier molecular flexibility index (Phi) is 7.51. The maximum absolute atomic E-state index is 14.0. The highest BCUT2D eigenvalue weighted by Crippen LogP contribution is 2.48. The highest BCUT2D eigenvalue weighted by Gasteiger charge is 2.64. The Balaban J connectivity index is 2.32. The van der Waals surface area contributed by atoms with E-state index in [0.717, 1.165) is 19.2 Å². The zero-order valence-electron chi connectivity index (χ0n) is 18.8.